The van der Waals surface area contributed by atoms with Gasteiger partial charge >= 0.3 is 0 Å². The Morgan fingerprint density at radius 1 is 1.15 bits per heavy atom. The van der Waals surface area contributed by atoms with Gasteiger partial charge in [-0.2, -0.15) is 5.10 Å². The van der Waals surface area contributed by atoms with Gasteiger partial charge < -0.3 is 9.88 Å². The monoisotopic (exact) mass is 350 g/mol. The number of amides is 1. The lowest BCUT2D eigenvalue weighted by Gasteiger charge is -2.05. The van der Waals surface area contributed by atoms with Crippen LogP contribution < -0.4 is 10.9 Å². The zero-order chi connectivity index (χ0) is 18.4. The third-order valence-corrected chi connectivity index (χ3v) is 4.18. The number of unbranched alkanes of at least 4 members (excludes halogenated alkanes) is 1. The van der Waals surface area contributed by atoms with Crippen molar-refractivity contribution in [1.29, 1.82) is 0 Å². The molecule has 134 valence electrons. The zero-order valence-corrected chi connectivity index (χ0v) is 14.7. The number of carbonyl (C=O) groups is 1. The van der Waals surface area contributed by atoms with Crippen LogP contribution in [0, 0.1) is 6.92 Å². The van der Waals surface area contributed by atoms with Gasteiger partial charge in [0, 0.05) is 30.9 Å². The molecule has 2 N–H and O–H groups in total. The maximum absolute atomic E-state index is 12.2. The molecule has 0 saturated heterocycles. The molecule has 26 heavy (non-hydrogen) atoms. The summed E-state index contributed by atoms with van der Waals surface area (Å²) in [6.45, 7) is 3.23. The number of aromatic nitrogens is 3. The van der Waals surface area contributed by atoms with E-state index in [0.29, 0.717) is 18.8 Å². The largest absolute Gasteiger partial charge is 0.351 e. The van der Waals surface area contributed by atoms with E-state index in [9.17, 15) is 9.59 Å². The fourth-order valence-corrected chi connectivity index (χ4v) is 2.66. The molecule has 0 saturated carbocycles. The quantitative estimate of drug-likeness (QED) is 0.643. The highest BCUT2D eigenvalue weighted by Crippen LogP contribution is 2.18. The lowest BCUT2D eigenvalue weighted by molar-refractivity contribution is 0.0948. The van der Waals surface area contributed by atoms with E-state index in [2.05, 4.69) is 15.5 Å². The number of hydrogen-bond donors (Lipinski definition) is 2. The molecule has 6 nitrogen and oxygen atoms in total. The molecule has 0 radical (unpaired) electrons. The molecule has 0 aliphatic heterocycles. The number of rotatable bonds is 7. The second-order valence-electron chi connectivity index (χ2n) is 6.23. The summed E-state index contributed by atoms with van der Waals surface area (Å²) in [7, 11) is 0. The molecule has 3 aromatic rings. The molecule has 2 aromatic heterocycles. The molecule has 1 amide bonds. The number of carbonyl (C=O) groups excluding carboxylic acids is 1. The van der Waals surface area contributed by atoms with Crippen molar-refractivity contribution >= 4 is 5.91 Å². The lowest BCUT2D eigenvalue weighted by Crippen LogP contribution is -2.25. The molecule has 0 bridgehead atoms. The molecule has 0 spiro atoms. The molecule has 0 atom stereocenters. The molecule has 6 heteroatoms. The average Bonchev–Trinajstić information content (AvgIpc) is 3.13. The molecule has 0 unspecified atom stereocenters. The van der Waals surface area contributed by atoms with Crippen molar-refractivity contribution in [2.75, 3.05) is 6.54 Å². The number of aromatic amines is 1. The Hall–Kier alpha value is -3.15. The van der Waals surface area contributed by atoms with Gasteiger partial charge in [0.15, 0.2) is 0 Å². The van der Waals surface area contributed by atoms with E-state index < -0.39 is 0 Å². The Bertz CT molecular complexity index is 925. The highest BCUT2D eigenvalue weighted by molar-refractivity contribution is 5.93. The van der Waals surface area contributed by atoms with Gasteiger partial charge in [0.25, 0.3) is 5.91 Å². The second-order valence-corrected chi connectivity index (χ2v) is 6.23. The molecular weight excluding hydrogens is 328 g/mol. The minimum absolute atomic E-state index is 0.00219. The first-order valence-electron chi connectivity index (χ1n) is 8.69. The Balaban J connectivity index is 1.46. The standard InChI is InChI=1S/C20H22N4O2/c1-15-7-9-16(10-8-15)17-14-18(23-22-17)20(26)21-11-3-5-13-24-12-4-2-6-19(24)25/h2,4,6-10,12,14H,3,5,11,13H2,1H3,(H,21,26)(H,22,23). The van der Waals surface area contributed by atoms with Gasteiger partial charge in [-0.1, -0.05) is 35.9 Å². The van der Waals surface area contributed by atoms with Gasteiger partial charge in [0.05, 0.1) is 5.69 Å². The number of pyridine rings is 1. The van der Waals surface area contributed by atoms with Crippen molar-refractivity contribution in [3.8, 4) is 11.3 Å². The third kappa shape index (κ3) is 4.47. The van der Waals surface area contributed by atoms with E-state index in [1.165, 1.54) is 5.56 Å². The molecule has 3 rings (SSSR count). The van der Waals surface area contributed by atoms with Crippen molar-refractivity contribution in [3.05, 3.63) is 76.3 Å². The summed E-state index contributed by atoms with van der Waals surface area (Å²) >= 11 is 0. The fraction of sp³-hybridized carbons (Fsp3) is 0.250. The number of nitrogens with one attached hydrogen (secondary N) is 2. The maximum atomic E-state index is 12.2. The Labute approximate surface area is 151 Å². The van der Waals surface area contributed by atoms with Crippen molar-refractivity contribution in [1.82, 2.24) is 20.1 Å². The van der Waals surface area contributed by atoms with Gasteiger partial charge in [-0.25, -0.2) is 0 Å². The minimum atomic E-state index is -0.173. The van der Waals surface area contributed by atoms with E-state index in [1.54, 1.807) is 29.0 Å². The fourth-order valence-electron chi connectivity index (χ4n) is 2.66. The van der Waals surface area contributed by atoms with Crippen LogP contribution in [0.3, 0.4) is 0 Å². The number of aryl methyl sites for hydroxylation is 2. The zero-order valence-electron chi connectivity index (χ0n) is 14.7. The van der Waals surface area contributed by atoms with E-state index >= 15 is 0 Å². The average molecular weight is 350 g/mol. The number of nitrogens with zero attached hydrogens (tertiary/aromatic N) is 2. The third-order valence-electron chi connectivity index (χ3n) is 4.18. The molecule has 0 fully saturated rings. The van der Waals surface area contributed by atoms with Crippen molar-refractivity contribution < 1.29 is 4.79 Å². The molecule has 1 aromatic carbocycles. The lowest BCUT2D eigenvalue weighted by atomic mass is 10.1. The van der Waals surface area contributed by atoms with Crippen molar-refractivity contribution in [2.24, 2.45) is 0 Å². The number of benzene rings is 1. The normalized spacial score (nSPS) is 10.7. The van der Waals surface area contributed by atoms with E-state index in [0.717, 1.165) is 24.1 Å². The van der Waals surface area contributed by atoms with Gasteiger partial charge in [-0.3, -0.25) is 14.7 Å². The van der Waals surface area contributed by atoms with Crippen LogP contribution in [0.4, 0.5) is 0 Å². The first-order valence-corrected chi connectivity index (χ1v) is 8.69. The summed E-state index contributed by atoms with van der Waals surface area (Å²) in [5.41, 5.74) is 3.34. The summed E-state index contributed by atoms with van der Waals surface area (Å²) in [5.74, 6) is -0.173. The van der Waals surface area contributed by atoms with Crippen LogP contribution in [0.5, 0.6) is 0 Å². The van der Waals surface area contributed by atoms with Gasteiger partial charge in [0.1, 0.15) is 5.69 Å². The van der Waals surface area contributed by atoms with Gasteiger partial charge in [-0.05, 0) is 31.9 Å². The van der Waals surface area contributed by atoms with Crippen LogP contribution in [0.15, 0.2) is 59.5 Å². The van der Waals surface area contributed by atoms with Crippen LogP contribution in [0.2, 0.25) is 0 Å². The maximum Gasteiger partial charge on any atom is 0.269 e. The molecule has 2 heterocycles. The predicted molar refractivity (Wildman–Crippen MR) is 101 cm³/mol. The highest BCUT2D eigenvalue weighted by Gasteiger charge is 2.10. The van der Waals surface area contributed by atoms with E-state index in [1.807, 2.05) is 37.3 Å². The minimum Gasteiger partial charge on any atom is -0.351 e. The topological polar surface area (TPSA) is 79.8 Å². The van der Waals surface area contributed by atoms with Gasteiger partial charge in [-0.15, -0.1) is 0 Å². The first kappa shape index (κ1) is 17.7. The smallest absolute Gasteiger partial charge is 0.269 e. The van der Waals surface area contributed by atoms with Gasteiger partial charge in [0.2, 0.25) is 5.56 Å². The van der Waals surface area contributed by atoms with Crippen molar-refractivity contribution in [3.63, 3.8) is 0 Å². The van der Waals surface area contributed by atoms with Crippen LogP contribution in [0.25, 0.3) is 11.3 Å². The first-order chi connectivity index (χ1) is 12.6. The van der Waals surface area contributed by atoms with E-state index in [-0.39, 0.29) is 11.5 Å². The predicted octanol–water partition coefficient (Wildman–Crippen LogP) is 2.76. The summed E-state index contributed by atoms with van der Waals surface area (Å²) in [6.07, 6.45) is 3.39. The second kappa shape index (κ2) is 8.29. The summed E-state index contributed by atoms with van der Waals surface area (Å²) in [6, 6.07) is 14.9. The van der Waals surface area contributed by atoms with Crippen LogP contribution in [0.1, 0.15) is 28.9 Å². The van der Waals surface area contributed by atoms with Crippen LogP contribution >= 0.6 is 0 Å². The van der Waals surface area contributed by atoms with Crippen molar-refractivity contribution in [2.45, 2.75) is 26.3 Å². The molecule has 0 aliphatic rings. The Kier molecular flexibility index (Phi) is 5.63. The molecular formula is C20H22N4O2. The number of hydrogen-bond acceptors (Lipinski definition) is 3. The Morgan fingerprint density at radius 2 is 1.96 bits per heavy atom. The highest BCUT2D eigenvalue weighted by atomic mass is 16.2. The number of H-pyrrole nitrogens is 1. The summed E-state index contributed by atoms with van der Waals surface area (Å²) < 4.78 is 1.67. The summed E-state index contributed by atoms with van der Waals surface area (Å²) in [5, 5.41) is 9.87. The van der Waals surface area contributed by atoms with Crippen LogP contribution in [-0.2, 0) is 6.54 Å². The molecule has 0 aliphatic carbocycles. The SMILES string of the molecule is Cc1ccc(-c2cc(C(=O)NCCCCn3ccccc3=O)[nH]n2)cc1. The van der Waals surface area contributed by atoms with Crippen LogP contribution in [-0.4, -0.2) is 27.2 Å². The van der Waals surface area contributed by atoms with E-state index in [4.69, 9.17) is 0 Å². The summed E-state index contributed by atoms with van der Waals surface area (Å²) in [4.78, 5) is 23.8. The Morgan fingerprint density at radius 3 is 2.73 bits per heavy atom.